The Hall–Kier alpha value is -2.96. The number of fused-ring (bicyclic) bond motifs is 1. The average Bonchev–Trinajstić information content (AvgIpc) is 2.47. The highest BCUT2D eigenvalue weighted by molar-refractivity contribution is 6.05. The number of amides is 2. The third-order valence-electron chi connectivity index (χ3n) is 3.29. The smallest absolute Gasteiger partial charge is 0.265 e. The van der Waals surface area contributed by atoms with Gasteiger partial charge in [0.15, 0.2) is 6.10 Å². The number of anilines is 2. The zero-order valence-corrected chi connectivity index (χ0v) is 12.0. The summed E-state index contributed by atoms with van der Waals surface area (Å²) >= 11 is 0. The van der Waals surface area contributed by atoms with Crippen molar-refractivity contribution < 1.29 is 23.1 Å². The fourth-order valence-electron chi connectivity index (χ4n) is 2.17. The van der Waals surface area contributed by atoms with Crippen molar-refractivity contribution in [3.8, 4) is 5.75 Å². The summed E-state index contributed by atoms with van der Waals surface area (Å²) in [5.74, 6) is -2.16. The molecular weight excluding hydrogens is 306 g/mol. The van der Waals surface area contributed by atoms with Crippen LogP contribution in [0.2, 0.25) is 0 Å². The normalized spacial score (nSPS) is 16.1. The van der Waals surface area contributed by atoms with E-state index in [1.54, 1.807) is 19.1 Å². The van der Waals surface area contributed by atoms with Crippen LogP contribution in [-0.2, 0) is 4.79 Å². The summed E-state index contributed by atoms with van der Waals surface area (Å²) in [6.07, 6.45) is -0.599. The lowest BCUT2D eigenvalue weighted by molar-refractivity contribution is -0.122. The van der Waals surface area contributed by atoms with Gasteiger partial charge in [-0.1, -0.05) is 0 Å². The van der Waals surface area contributed by atoms with E-state index < -0.39 is 23.6 Å². The quantitative estimate of drug-likeness (QED) is 0.894. The van der Waals surface area contributed by atoms with E-state index in [1.165, 1.54) is 6.07 Å². The van der Waals surface area contributed by atoms with Gasteiger partial charge in [0.2, 0.25) is 0 Å². The molecule has 23 heavy (non-hydrogen) atoms. The number of hydrogen-bond donors (Lipinski definition) is 2. The Morgan fingerprint density at radius 3 is 2.57 bits per heavy atom. The van der Waals surface area contributed by atoms with E-state index in [4.69, 9.17) is 4.74 Å². The van der Waals surface area contributed by atoms with Gasteiger partial charge in [-0.3, -0.25) is 9.59 Å². The Morgan fingerprint density at radius 2 is 1.87 bits per heavy atom. The second-order valence-corrected chi connectivity index (χ2v) is 5.07. The minimum Gasteiger partial charge on any atom is -0.479 e. The monoisotopic (exact) mass is 318 g/mol. The molecule has 118 valence electrons. The minimum atomic E-state index is -0.838. The van der Waals surface area contributed by atoms with Crippen molar-refractivity contribution in [2.75, 3.05) is 10.6 Å². The highest BCUT2D eigenvalue weighted by Gasteiger charge is 2.23. The summed E-state index contributed by atoms with van der Waals surface area (Å²) in [5, 5.41) is 5.16. The molecule has 0 bridgehead atoms. The number of ether oxygens (including phenoxy) is 1. The van der Waals surface area contributed by atoms with E-state index in [9.17, 15) is 18.4 Å². The molecule has 0 radical (unpaired) electrons. The van der Waals surface area contributed by atoms with Gasteiger partial charge < -0.3 is 15.4 Å². The van der Waals surface area contributed by atoms with Crippen LogP contribution < -0.4 is 15.4 Å². The lowest BCUT2D eigenvalue weighted by Crippen LogP contribution is -2.34. The zero-order valence-electron chi connectivity index (χ0n) is 12.0. The van der Waals surface area contributed by atoms with E-state index >= 15 is 0 Å². The Kier molecular flexibility index (Phi) is 3.69. The van der Waals surface area contributed by atoms with Crippen molar-refractivity contribution in [2.24, 2.45) is 0 Å². The van der Waals surface area contributed by atoms with Gasteiger partial charge in [0.1, 0.15) is 17.4 Å². The standard InChI is InChI=1S/C16H12F2N2O3/c1-8-15(21)20-13-7-12(2-3-14(13)23-8)19-16(22)9-4-10(17)6-11(18)5-9/h2-8H,1H3,(H,19,22)(H,20,21). The third kappa shape index (κ3) is 3.13. The second-order valence-electron chi connectivity index (χ2n) is 5.07. The number of rotatable bonds is 2. The molecule has 0 saturated carbocycles. The first-order chi connectivity index (χ1) is 10.9. The molecule has 1 aliphatic rings. The molecule has 0 aromatic heterocycles. The first-order valence-corrected chi connectivity index (χ1v) is 6.81. The lowest BCUT2D eigenvalue weighted by atomic mass is 10.1. The molecule has 2 aromatic rings. The predicted octanol–water partition coefficient (Wildman–Crippen LogP) is 2.94. The summed E-state index contributed by atoms with van der Waals surface area (Å²) in [6.45, 7) is 1.62. The highest BCUT2D eigenvalue weighted by Crippen LogP contribution is 2.32. The molecule has 0 saturated heterocycles. The van der Waals surface area contributed by atoms with E-state index in [1.807, 2.05) is 0 Å². The number of halogens is 2. The van der Waals surface area contributed by atoms with Crippen LogP contribution in [0.25, 0.3) is 0 Å². The van der Waals surface area contributed by atoms with Crippen LogP contribution in [0.5, 0.6) is 5.75 Å². The summed E-state index contributed by atoms with van der Waals surface area (Å²) in [7, 11) is 0. The molecule has 7 heteroatoms. The van der Waals surface area contributed by atoms with Gasteiger partial charge >= 0.3 is 0 Å². The molecule has 1 aliphatic heterocycles. The van der Waals surface area contributed by atoms with Gasteiger partial charge in [-0.25, -0.2) is 8.78 Å². The molecule has 2 aromatic carbocycles. The van der Waals surface area contributed by atoms with Crippen LogP contribution in [0.1, 0.15) is 17.3 Å². The Labute approximate surface area is 130 Å². The molecule has 5 nitrogen and oxygen atoms in total. The number of carbonyl (C=O) groups excluding carboxylic acids is 2. The fourth-order valence-corrected chi connectivity index (χ4v) is 2.17. The molecule has 2 amide bonds. The van der Waals surface area contributed by atoms with Gasteiger partial charge in [-0.2, -0.15) is 0 Å². The van der Waals surface area contributed by atoms with E-state index in [-0.39, 0.29) is 11.5 Å². The summed E-state index contributed by atoms with van der Waals surface area (Å²) in [5.41, 5.74) is 0.627. The van der Waals surface area contributed by atoms with Gasteiger partial charge in [0, 0.05) is 17.3 Å². The summed E-state index contributed by atoms with van der Waals surface area (Å²) in [4.78, 5) is 23.6. The van der Waals surface area contributed by atoms with Crippen LogP contribution in [0.4, 0.5) is 20.2 Å². The van der Waals surface area contributed by atoms with Gasteiger partial charge in [0.05, 0.1) is 5.69 Å². The van der Waals surface area contributed by atoms with Crippen molar-refractivity contribution in [3.05, 3.63) is 53.6 Å². The SMILES string of the molecule is CC1Oc2ccc(NC(=O)c3cc(F)cc(F)c3)cc2NC1=O. The first-order valence-electron chi connectivity index (χ1n) is 6.81. The average molecular weight is 318 g/mol. The first kappa shape index (κ1) is 15.0. The van der Waals surface area contributed by atoms with Crippen LogP contribution in [0, 0.1) is 11.6 Å². The van der Waals surface area contributed by atoms with Crippen molar-refractivity contribution in [3.63, 3.8) is 0 Å². The molecule has 1 heterocycles. The van der Waals surface area contributed by atoms with Crippen LogP contribution in [0.15, 0.2) is 36.4 Å². The second kappa shape index (κ2) is 5.68. The predicted molar refractivity (Wildman–Crippen MR) is 79.5 cm³/mol. The van der Waals surface area contributed by atoms with Gasteiger partial charge in [-0.15, -0.1) is 0 Å². The van der Waals surface area contributed by atoms with Crippen LogP contribution in [-0.4, -0.2) is 17.9 Å². The summed E-state index contributed by atoms with van der Waals surface area (Å²) < 4.78 is 31.7. The van der Waals surface area contributed by atoms with Crippen LogP contribution in [0.3, 0.4) is 0 Å². The number of hydrogen-bond acceptors (Lipinski definition) is 3. The number of carbonyl (C=O) groups is 2. The third-order valence-corrected chi connectivity index (χ3v) is 3.29. The number of benzene rings is 2. The van der Waals surface area contributed by atoms with Gasteiger partial charge in [-0.05, 0) is 37.3 Å². The molecule has 0 aliphatic carbocycles. The molecular formula is C16H12F2N2O3. The molecule has 0 spiro atoms. The van der Waals surface area contributed by atoms with Crippen molar-refractivity contribution in [2.45, 2.75) is 13.0 Å². The number of nitrogens with one attached hydrogen (secondary N) is 2. The maximum atomic E-state index is 13.1. The van der Waals surface area contributed by atoms with Crippen LogP contribution >= 0.6 is 0 Å². The van der Waals surface area contributed by atoms with E-state index in [0.717, 1.165) is 12.1 Å². The topological polar surface area (TPSA) is 67.4 Å². The Bertz CT molecular complexity index is 788. The highest BCUT2D eigenvalue weighted by atomic mass is 19.1. The lowest BCUT2D eigenvalue weighted by Gasteiger charge is -2.23. The maximum absolute atomic E-state index is 13.1. The van der Waals surface area contributed by atoms with Crippen molar-refractivity contribution in [1.29, 1.82) is 0 Å². The fraction of sp³-hybridized carbons (Fsp3) is 0.125. The molecule has 2 N–H and O–H groups in total. The summed E-state index contributed by atoms with van der Waals surface area (Å²) in [6, 6.07) is 7.22. The zero-order chi connectivity index (χ0) is 16.6. The van der Waals surface area contributed by atoms with Crippen molar-refractivity contribution in [1.82, 2.24) is 0 Å². The van der Waals surface area contributed by atoms with E-state index in [0.29, 0.717) is 23.2 Å². The minimum absolute atomic E-state index is 0.144. The molecule has 3 rings (SSSR count). The van der Waals surface area contributed by atoms with Crippen molar-refractivity contribution >= 4 is 23.2 Å². The Balaban J connectivity index is 1.82. The molecule has 1 atom stereocenters. The van der Waals surface area contributed by atoms with E-state index in [2.05, 4.69) is 10.6 Å². The largest absolute Gasteiger partial charge is 0.479 e. The van der Waals surface area contributed by atoms with Gasteiger partial charge in [0.25, 0.3) is 11.8 Å². The molecule has 1 unspecified atom stereocenters. The Morgan fingerprint density at radius 1 is 1.17 bits per heavy atom. The molecule has 0 fully saturated rings. The maximum Gasteiger partial charge on any atom is 0.265 e.